The molecule has 2 aromatic rings. The van der Waals surface area contributed by atoms with Crippen molar-refractivity contribution in [2.75, 3.05) is 7.11 Å². The largest absolute Gasteiger partial charge is 0.496 e. The van der Waals surface area contributed by atoms with Crippen LogP contribution in [-0.2, 0) is 4.79 Å². The molecule has 128 valence electrons. The molecular weight excluding hydrogens is 424 g/mol. The van der Waals surface area contributed by atoms with Gasteiger partial charge in [-0.2, -0.15) is 0 Å². The lowest BCUT2D eigenvalue weighted by Crippen LogP contribution is -2.19. The molecule has 0 spiro atoms. The van der Waals surface area contributed by atoms with Gasteiger partial charge in [0, 0.05) is 5.02 Å². The van der Waals surface area contributed by atoms with Gasteiger partial charge >= 0.3 is 0 Å². The number of aryl methyl sites for hydroxylation is 1. The number of amides is 1. The first-order chi connectivity index (χ1) is 12.0. The van der Waals surface area contributed by atoms with Crippen LogP contribution in [0.25, 0.3) is 6.08 Å². The molecule has 0 unspecified atom stereocenters. The van der Waals surface area contributed by atoms with Gasteiger partial charge in [0.05, 0.1) is 22.2 Å². The number of halogens is 2. The van der Waals surface area contributed by atoms with Crippen LogP contribution in [0, 0.1) is 6.92 Å². The molecule has 1 saturated heterocycles. The number of carbonyl (C=O) groups excluding carboxylic acids is 1. The molecule has 2 aromatic carbocycles. The molecule has 1 amide bonds. The number of hydrogen-bond donors (Lipinski definition) is 1. The Bertz CT molecular complexity index is 912. The van der Waals surface area contributed by atoms with Gasteiger partial charge in [-0.3, -0.25) is 4.79 Å². The van der Waals surface area contributed by atoms with E-state index in [1.807, 2.05) is 43.3 Å². The fraction of sp³-hybridized carbons (Fsp3) is 0.111. The lowest BCUT2D eigenvalue weighted by atomic mass is 10.2. The third-order valence-electron chi connectivity index (χ3n) is 3.51. The zero-order valence-electron chi connectivity index (χ0n) is 13.5. The van der Waals surface area contributed by atoms with Crippen LogP contribution in [-0.4, -0.2) is 18.2 Å². The standard InChI is InChI=1S/C18H14BrClN2O2S/c1-10-3-5-12(9-14(10)20)21-18-22-17(23)16(25-18)8-11-4-6-15(24-2)13(19)7-11/h3-9H,1-2H3,(H,21,22,23)/b16-8-. The Labute approximate surface area is 163 Å². The van der Waals surface area contributed by atoms with Crippen LogP contribution in [0.5, 0.6) is 5.75 Å². The molecule has 0 aromatic heterocycles. The number of benzene rings is 2. The summed E-state index contributed by atoms with van der Waals surface area (Å²) in [4.78, 5) is 17.2. The summed E-state index contributed by atoms with van der Waals surface area (Å²) >= 11 is 10.9. The molecule has 0 radical (unpaired) electrons. The van der Waals surface area contributed by atoms with Crippen molar-refractivity contribution in [3.8, 4) is 5.75 Å². The van der Waals surface area contributed by atoms with Gasteiger partial charge in [-0.1, -0.05) is 23.7 Å². The van der Waals surface area contributed by atoms with E-state index in [4.69, 9.17) is 16.3 Å². The van der Waals surface area contributed by atoms with Crippen molar-refractivity contribution in [3.05, 3.63) is 61.9 Å². The van der Waals surface area contributed by atoms with Gasteiger partial charge in [0.1, 0.15) is 5.75 Å². The average molecular weight is 438 g/mol. The van der Waals surface area contributed by atoms with Crippen molar-refractivity contribution in [3.63, 3.8) is 0 Å². The van der Waals surface area contributed by atoms with E-state index in [2.05, 4.69) is 26.2 Å². The second-order valence-corrected chi connectivity index (χ2v) is 7.60. The van der Waals surface area contributed by atoms with Gasteiger partial charge in [0.2, 0.25) is 0 Å². The number of methoxy groups -OCH3 is 1. The highest BCUT2D eigenvalue weighted by Gasteiger charge is 2.23. The summed E-state index contributed by atoms with van der Waals surface area (Å²) in [5, 5.41) is 3.95. The van der Waals surface area contributed by atoms with Crippen LogP contribution in [0.1, 0.15) is 11.1 Å². The van der Waals surface area contributed by atoms with E-state index < -0.39 is 0 Å². The fourth-order valence-electron chi connectivity index (χ4n) is 2.17. The summed E-state index contributed by atoms with van der Waals surface area (Å²) in [6.45, 7) is 1.93. The maximum atomic E-state index is 12.2. The van der Waals surface area contributed by atoms with E-state index in [1.54, 1.807) is 13.2 Å². The van der Waals surface area contributed by atoms with E-state index in [0.717, 1.165) is 21.3 Å². The smallest absolute Gasteiger partial charge is 0.264 e. The van der Waals surface area contributed by atoms with Crippen LogP contribution in [0.2, 0.25) is 5.02 Å². The molecule has 4 nitrogen and oxygen atoms in total. The minimum Gasteiger partial charge on any atom is -0.496 e. The Hall–Kier alpha value is -1.76. The first kappa shape index (κ1) is 18.0. The highest BCUT2D eigenvalue weighted by Crippen LogP contribution is 2.31. The van der Waals surface area contributed by atoms with Crippen molar-refractivity contribution in [2.24, 2.45) is 4.99 Å². The number of thioether (sulfide) groups is 1. The zero-order chi connectivity index (χ0) is 18.0. The predicted molar refractivity (Wildman–Crippen MR) is 108 cm³/mol. The normalized spacial score (nSPS) is 17.2. The number of ether oxygens (including phenoxy) is 1. The first-order valence-electron chi connectivity index (χ1n) is 7.35. The van der Waals surface area contributed by atoms with Gasteiger partial charge in [0.15, 0.2) is 5.17 Å². The summed E-state index contributed by atoms with van der Waals surface area (Å²) in [5.41, 5.74) is 2.58. The van der Waals surface area contributed by atoms with E-state index in [-0.39, 0.29) is 5.91 Å². The van der Waals surface area contributed by atoms with Gasteiger partial charge in [-0.25, -0.2) is 4.99 Å². The Morgan fingerprint density at radius 3 is 2.76 bits per heavy atom. The van der Waals surface area contributed by atoms with Crippen molar-refractivity contribution in [1.82, 2.24) is 5.32 Å². The zero-order valence-corrected chi connectivity index (χ0v) is 16.6. The first-order valence-corrected chi connectivity index (χ1v) is 9.34. The number of amidine groups is 1. The molecule has 0 atom stereocenters. The molecule has 1 fully saturated rings. The Morgan fingerprint density at radius 1 is 1.28 bits per heavy atom. The van der Waals surface area contributed by atoms with Gasteiger partial charge in [0.25, 0.3) is 5.91 Å². The molecular formula is C18H14BrClN2O2S. The molecule has 7 heteroatoms. The number of carbonyl (C=O) groups is 1. The lowest BCUT2D eigenvalue weighted by molar-refractivity contribution is -0.115. The average Bonchev–Trinajstić information content (AvgIpc) is 2.90. The summed E-state index contributed by atoms with van der Waals surface area (Å²) in [7, 11) is 1.61. The highest BCUT2D eigenvalue weighted by molar-refractivity contribution is 9.10. The van der Waals surface area contributed by atoms with Crippen molar-refractivity contribution >= 4 is 62.1 Å². The number of rotatable bonds is 3. The molecule has 0 saturated carbocycles. The minimum absolute atomic E-state index is 0.172. The van der Waals surface area contributed by atoms with E-state index in [9.17, 15) is 4.79 Å². The van der Waals surface area contributed by atoms with E-state index in [1.165, 1.54) is 11.8 Å². The third-order valence-corrected chi connectivity index (χ3v) is 5.45. The summed E-state index contributed by atoms with van der Waals surface area (Å²) in [5.74, 6) is 0.568. The van der Waals surface area contributed by atoms with Crippen molar-refractivity contribution in [1.29, 1.82) is 0 Å². The van der Waals surface area contributed by atoms with Gasteiger partial charge < -0.3 is 10.1 Å². The Kier molecular flexibility index (Phi) is 5.51. The Balaban J connectivity index is 1.83. The van der Waals surface area contributed by atoms with Crippen LogP contribution in [0.3, 0.4) is 0 Å². The molecule has 3 rings (SSSR count). The summed E-state index contributed by atoms with van der Waals surface area (Å²) in [6, 6.07) is 11.2. The van der Waals surface area contributed by atoms with Crippen LogP contribution in [0.4, 0.5) is 5.69 Å². The SMILES string of the molecule is COc1ccc(/C=C2\SC(=Nc3ccc(C)c(Cl)c3)NC2=O)cc1Br. The van der Waals surface area contributed by atoms with E-state index >= 15 is 0 Å². The molecule has 1 aliphatic heterocycles. The van der Waals surface area contributed by atoms with Crippen LogP contribution < -0.4 is 10.1 Å². The van der Waals surface area contributed by atoms with Gasteiger partial charge in [-0.15, -0.1) is 0 Å². The molecule has 0 bridgehead atoms. The van der Waals surface area contributed by atoms with Crippen LogP contribution in [0.15, 0.2) is 50.8 Å². The molecule has 25 heavy (non-hydrogen) atoms. The maximum absolute atomic E-state index is 12.2. The van der Waals surface area contributed by atoms with Crippen molar-refractivity contribution in [2.45, 2.75) is 6.92 Å². The monoisotopic (exact) mass is 436 g/mol. The van der Waals surface area contributed by atoms with Crippen LogP contribution >= 0.6 is 39.3 Å². The number of hydrogen-bond acceptors (Lipinski definition) is 4. The number of nitrogens with zero attached hydrogens (tertiary/aromatic N) is 1. The second kappa shape index (κ2) is 7.64. The lowest BCUT2D eigenvalue weighted by Gasteiger charge is -2.03. The molecule has 0 aliphatic carbocycles. The topological polar surface area (TPSA) is 50.7 Å². The highest BCUT2D eigenvalue weighted by atomic mass is 79.9. The third kappa shape index (κ3) is 4.26. The second-order valence-electron chi connectivity index (χ2n) is 5.31. The Morgan fingerprint density at radius 2 is 2.08 bits per heavy atom. The maximum Gasteiger partial charge on any atom is 0.264 e. The molecule has 1 heterocycles. The molecule has 1 aliphatic rings. The minimum atomic E-state index is -0.172. The molecule has 1 N–H and O–H groups in total. The predicted octanol–water partition coefficient (Wildman–Crippen LogP) is 5.31. The van der Waals surface area contributed by atoms with E-state index in [0.29, 0.717) is 20.8 Å². The summed E-state index contributed by atoms with van der Waals surface area (Å²) in [6.07, 6.45) is 1.81. The number of nitrogens with one attached hydrogen (secondary N) is 1. The summed E-state index contributed by atoms with van der Waals surface area (Å²) < 4.78 is 6.04. The number of aliphatic imine (C=N–C) groups is 1. The quantitative estimate of drug-likeness (QED) is 0.662. The van der Waals surface area contributed by atoms with Gasteiger partial charge in [-0.05, 0) is 76.1 Å². The fourth-order valence-corrected chi connectivity index (χ4v) is 3.75. The van der Waals surface area contributed by atoms with Crippen molar-refractivity contribution < 1.29 is 9.53 Å².